The number of allylic oxidation sites excluding steroid dienone is 3. The molecule has 0 amide bonds. The summed E-state index contributed by atoms with van der Waals surface area (Å²) in [6.07, 6.45) is 7.22. The van der Waals surface area contributed by atoms with E-state index in [4.69, 9.17) is 23.2 Å². The molecule has 162 valence electrons. The van der Waals surface area contributed by atoms with Gasteiger partial charge in [-0.2, -0.15) is 5.26 Å². The molecule has 0 unspecified atom stereocenters. The minimum absolute atomic E-state index is 0.291. The van der Waals surface area contributed by atoms with Crippen LogP contribution in [0.25, 0.3) is 5.57 Å². The molecule has 3 rings (SSSR count). The van der Waals surface area contributed by atoms with Crippen molar-refractivity contribution >= 4 is 50.8 Å². The van der Waals surface area contributed by atoms with E-state index < -0.39 is 0 Å². The fraction of sp³-hybridized carbons (Fsp3) is 0.304. The van der Waals surface area contributed by atoms with Crippen molar-refractivity contribution in [3.8, 4) is 6.07 Å². The highest BCUT2D eigenvalue weighted by Crippen LogP contribution is 2.32. The Labute approximate surface area is 196 Å². The van der Waals surface area contributed by atoms with E-state index in [1.165, 1.54) is 30.6 Å². The molecular weight excluding hydrogens is 451 g/mol. The summed E-state index contributed by atoms with van der Waals surface area (Å²) in [7, 11) is 0. The van der Waals surface area contributed by atoms with Crippen molar-refractivity contribution in [3.63, 3.8) is 0 Å². The van der Waals surface area contributed by atoms with Crippen molar-refractivity contribution in [1.29, 1.82) is 5.26 Å². The van der Waals surface area contributed by atoms with E-state index in [2.05, 4.69) is 28.0 Å². The third-order valence-corrected chi connectivity index (χ3v) is 6.80. The summed E-state index contributed by atoms with van der Waals surface area (Å²) >= 11 is 13.6. The van der Waals surface area contributed by atoms with Crippen molar-refractivity contribution in [3.05, 3.63) is 69.0 Å². The highest BCUT2D eigenvalue weighted by Gasteiger charge is 2.13. The first kappa shape index (κ1) is 23.4. The zero-order valence-corrected chi connectivity index (χ0v) is 19.4. The van der Waals surface area contributed by atoms with Crippen LogP contribution < -0.4 is 5.32 Å². The van der Waals surface area contributed by atoms with Crippen LogP contribution in [-0.2, 0) is 0 Å². The van der Waals surface area contributed by atoms with Gasteiger partial charge in [-0.05, 0) is 61.8 Å². The number of hydrogen-bond donors (Lipinski definition) is 2. The third-order valence-electron chi connectivity index (χ3n) is 5.09. The Morgan fingerprint density at radius 2 is 2.03 bits per heavy atom. The number of likely N-dealkylation sites (tertiary alicyclic amines) is 1. The minimum atomic E-state index is 0.291. The Bertz CT molecular complexity index is 1030. The lowest BCUT2D eigenvalue weighted by Gasteiger charge is -2.26. The zero-order valence-electron chi connectivity index (χ0n) is 17.1. The van der Waals surface area contributed by atoms with Gasteiger partial charge >= 0.3 is 0 Å². The van der Waals surface area contributed by atoms with Crippen LogP contribution in [-0.4, -0.2) is 42.0 Å². The maximum atomic E-state index is 9.50. The summed E-state index contributed by atoms with van der Waals surface area (Å²) in [6, 6.07) is 9.03. The smallest absolute Gasteiger partial charge is 0.111 e. The summed E-state index contributed by atoms with van der Waals surface area (Å²) in [5, 5.41) is 27.4. The molecule has 31 heavy (non-hydrogen) atoms. The molecule has 2 N–H and O–H groups in total. The van der Waals surface area contributed by atoms with Crippen LogP contribution in [0.2, 0.25) is 10.0 Å². The molecule has 0 bridgehead atoms. The Morgan fingerprint density at radius 1 is 1.26 bits per heavy atom. The van der Waals surface area contributed by atoms with Gasteiger partial charge in [0.25, 0.3) is 0 Å². The average Bonchev–Trinajstić information content (AvgIpc) is 3.19. The molecule has 2 heterocycles. The van der Waals surface area contributed by atoms with Gasteiger partial charge in [-0.3, -0.25) is 0 Å². The van der Waals surface area contributed by atoms with Crippen LogP contribution in [0.5, 0.6) is 0 Å². The number of nitriles is 1. The molecule has 1 aliphatic rings. The van der Waals surface area contributed by atoms with Crippen LogP contribution in [0.1, 0.15) is 35.3 Å². The van der Waals surface area contributed by atoms with Crippen molar-refractivity contribution in [2.45, 2.75) is 19.3 Å². The Kier molecular flexibility index (Phi) is 8.56. The van der Waals surface area contributed by atoms with Crippen molar-refractivity contribution in [2.75, 3.05) is 31.5 Å². The number of rotatable bonds is 8. The molecule has 5 nitrogen and oxygen atoms in total. The molecule has 0 aliphatic carbocycles. The molecule has 1 aromatic carbocycles. The monoisotopic (exact) mass is 474 g/mol. The topological polar surface area (TPSA) is 71.6 Å². The number of oxime groups is 1. The zero-order chi connectivity index (χ0) is 22.2. The summed E-state index contributed by atoms with van der Waals surface area (Å²) < 4.78 is 0. The van der Waals surface area contributed by atoms with Gasteiger partial charge in [-0.1, -0.05) is 47.4 Å². The standard InChI is InChI=1S/C23H24Cl2N4OS/c1-16(5-8-21(28-30)19-7-6-18(24)14-20(19)25)22-13-17(15-26)23(31-22)27-9-12-29-10-3-2-4-11-29/h5-8,13-14,27,30H,1-4,9-12H2/b8-5+,28-21+. The molecule has 0 spiro atoms. The Hall–Kier alpha value is -2.30. The molecule has 0 saturated carbocycles. The van der Waals surface area contributed by atoms with Crippen LogP contribution >= 0.6 is 34.5 Å². The molecule has 0 radical (unpaired) electrons. The fourth-order valence-electron chi connectivity index (χ4n) is 3.41. The first-order valence-corrected chi connectivity index (χ1v) is 11.6. The van der Waals surface area contributed by atoms with Crippen LogP contribution in [0.4, 0.5) is 5.00 Å². The number of nitrogens with one attached hydrogen (secondary N) is 1. The van der Waals surface area contributed by atoms with Gasteiger partial charge in [0.2, 0.25) is 0 Å². The van der Waals surface area contributed by atoms with Crippen LogP contribution in [0.15, 0.2) is 48.2 Å². The quantitative estimate of drug-likeness (QED) is 0.204. The Balaban J connectivity index is 1.66. The normalized spacial score (nSPS) is 15.2. The van der Waals surface area contributed by atoms with Gasteiger partial charge in [0.05, 0.1) is 10.6 Å². The lowest BCUT2D eigenvalue weighted by atomic mass is 10.1. The largest absolute Gasteiger partial charge is 0.410 e. The van der Waals surface area contributed by atoms with Crippen molar-refractivity contribution < 1.29 is 5.21 Å². The molecule has 8 heteroatoms. The summed E-state index contributed by atoms with van der Waals surface area (Å²) in [4.78, 5) is 3.32. The second kappa shape index (κ2) is 11.4. The number of halogens is 2. The lowest BCUT2D eigenvalue weighted by molar-refractivity contribution is 0.237. The predicted octanol–water partition coefficient (Wildman–Crippen LogP) is 6.27. The minimum Gasteiger partial charge on any atom is -0.410 e. The predicted molar refractivity (Wildman–Crippen MR) is 131 cm³/mol. The summed E-state index contributed by atoms with van der Waals surface area (Å²) in [5.41, 5.74) is 2.16. The van der Waals surface area contributed by atoms with E-state index in [1.54, 1.807) is 30.4 Å². The first-order valence-electron chi connectivity index (χ1n) is 10.1. The SMILES string of the molecule is C=C(/C=C/C(=N\O)c1ccc(Cl)cc1Cl)c1cc(C#N)c(NCCN2CCCCC2)s1. The second-order valence-electron chi connectivity index (χ2n) is 7.26. The van der Waals surface area contributed by atoms with E-state index >= 15 is 0 Å². The number of hydrogen-bond acceptors (Lipinski definition) is 6. The van der Waals surface area contributed by atoms with Gasteiger partial charge < -0.3 is 15.4 Å². The van der Waals surface area contributed by atoms with Gasteiger partial charge in [0.15, 0.2) is 0 Å². The number of benzene rings is 1. The average molecular weight is 475 g/mol. The molecule has 1 aliphatic heterocycles. The molecule has 1 saturated heterocycles. The maximum absolute atomic E-state index is 9.50. The molecule has 0 atom stereocenters. The second-order valence-corrected chi connectivity index (χ2v) is 9.16. The number of piperidine rings is 1. The number of nitrogens with zero attached hydrogens (tertiary/aromatic N) is 3. The molecular formula is C23H24Cl2N4OS. The van der Waals surface area contributed by atoms with Crippen molar-refractivity contribution in [1.82, 2.24) is 4.90 Å². The highest BCUT2D eigenvalue weighted by atomic mass is 35.5. The number of anilines is 1. The summed E-state index contributed by atoms with van der Waals surface area (Å²) in [6.45, 7) is 8.16. The fourth-order valence-corrected chi connectivity index (χ4v) is 4.90. The van der Waals surface area contributed by atoms with E-state index in [-0.39, 0.29) is 0 Å². The van der Waals surface area contributed by atoms with E-state index in [0.717, 1.165) is 36.1 Å². The highest BCUT2D eigenvalue weighted by molar-refractivity contribution is 7.17. The summed E-state index contributed by atoms with van der Waals surface area (Å²) in [5.74, 6) is 0. The molecule has 1 fully saturated rings. The van der Waals surface area contributed by atoms with Crippen LogP contribution in [0.3, 0.4) is 0 Å². The van der Waals surface area contributed by atoms with E-state index in [9.17, 15) is 10.5 Å². The first-order chi connectivity index (χ1) is 15.0. The molecule has 2 aromatic rings. The van der Waals surface area contributed by atoms with Gasteiger partial charge in [0, 0.05) is 28.6 Å². The third kappa shape index (κ3) is 6.34. The lowest BCUT2D eigenvalue weighted by Crippen LogP contribution is -2.33. The van der Waals surface area contributed by atoms with Crippen LogP contribution in [0, 0.1) is 11.3 Å². The number of thiophene rings is 1. The Morgan fingerprint density at radius 3 is 2.71 bits per heavy atom. The van der Waals surface area contributed by atoms with Gasteiger partial charge in [-0.15, -0.1) is 11.3 Å². The van der Waals surface area contributed by atoms with Gasteiger partial charge in [-0.25, -0.2) is 0 Å². The van der Waals surface area contributed by atoms with Crippen molar-refractivity contribution in [2.24, 2.45) is 5.16 Å². The maximum Gasteiger partial charge on any atom is 0.111 e. The molecule has 1 aromatic heterocycles. The van der Waals surface area contributed by atoms with Gasteiger partial charge in [0.1, 0.15) is 16.8 Å². The van der Waals surface area contributed by atoms with E-state index in [1.807, 2.05) is 6.07 Å². The van der Waals surface area contributed by atoms with E-state index in [0.29, 0.717) is 32.5 Å².